The van der Waals surface area contributed by atoms with Crippen LogP contribution in [-0.2, 0) is 29.7 Å². The van der Waals surface area contributed by atoms with Crippen LogP contribution in [0.3, 0.4) is 0 Å². The molecule has 1 heterocycles. The Morgan fingerprint density at radius 3 is 2.17 bits per heavy atom. The molecule has 35 heavy (non-hydrogen) atoms. The molecule has 0 aromatic heterocycles. The number of hydrogen-bond acceptors (Lipinski definition) is 4. The summed E-state index contributed by atoms with van der Waals surface area (Å²) in [5.41, 5.74) is 4.33. The number of ether oxygens (including phenoxy) is 1. The minimum absolute atomic E-state index is 0.209. The Morgan fingerprint density at radius 1 is 0.914 bits per heavy atom. The lowest BCUT2D eigenvalue weighted by Gasteiger charge is -2.33. The number of hydrogen-bond donors (Lipinski definition) is 0. The number of nitrogens with zero attached hydrogens (tertiary/aromatic N) is 2. The maximum Gasteiger partial charge on any atom is 0.211 e. The van der Waals surface area contributed by atoms with E-state index >= 15 is 0 Å². The van der Waals surface area contributed by atoms with Gasteiger partial charge in [0.25, 0.3) is 0 Å². The largest absolute Gasteiger partial charge is 0.497 e. The van der Waals surface area contributed by atoms with Crippen LogP contribution in [0.15, 0.2) is 72.8 Å². The first kappa shape index (κ1) is 25.4. The highest BCUT2D eigenvalue weighted by molar-refractivity contribution is 7.88. The zero-order chi connectivity index (χ0) is 24.8. The van der Waals surface area contributed by atoms with Gasteiger partial charge in [-0.05, 0) is 78.4 Å². The normalized spacial score (nSPS) is 15.4. The average molecular weight is 497 g/mol. The van der Waals surface area contributed by atoms with Crippen molar-refractivity contribution in [1.29, 1.82) is 0 Å². The second kappa shape index (κ2) is 11.3. The standard InChI is InChI=1S/C28H33FN2O3S/c1-34-27-13-9-23(10-14-27)20-31(35(2,32)33)21-25-5-3-4-6-28(25)24-15-17-30(18-16-24)19-22-7-11-26(29)12-8-22/h3-14,24H,15-21H2,1-2H3. The van der Waals surface area contributed by atoms with Gasteiger partial charge in [-0.3, -0.25) is 4.90 Å². The van der Waals surface area contributed by atoms with Gasteiger partial charge in [-0.15, -0.1) is 0 Å². The number of rotatable bonds is 9. The van der Waals surface area contributed by atoms with Crippen molar-refractivity contribution in [3.63, 3.8) is 0 Å². The Morgan fingerprint density at radius 2 is 1.54 bits per heavy atom. The molecule has 1 aliphatic rings. The lowest BCUT2D eigenvalue weighted by molar-refractivity contribution is 0.204. The molecule has 0 spiro atoms. The van der Waals surface area contributed by atoms with Crippen LogP contribution in [0.25, 0.3) is 0 Å². The van der Waals surface area contributed by atoms with Gasteiger partial charge in [0.2, 0.25) is 10.0 Å². The van der Waals surface area contributed by atoms with Gasteiger partial charge in [-0.2, -0.15) is 4.31 Å². The Kier molecular flexibility index (Phi) is 8.21. The summed E-state index contributed by atoms with van der Waals surface area (Å²) in [6.07, 6.45) is 3.29. The van der Waals surface area contributed by atoms with Crippen molar-refractivity contribution < 1.29 is 17.5 Å². The minimum atomic E-state index is -3.40. The Bertz CT molecular complexity index is 1210. The molecule has 0 radical (unpaired) electrons. The van der Waals surface area contributed by atoms with Crippen LogP contribution in [0.1, 0.15) is 41.0 Å². The van der Waals surface area contributed by atoms with Gasteiger partial charge in [0.05, 0.1) is 13.4 Å². The summed E-state index contributed by atoms with van der Waals surface area (Å²) in [5, 5.41) is 0. The van der Waals surface area contributed by atoms with E-state index < -0.39 is 10.0 Å². The SMILES string of the molecule is COc1ccc(CN(Cc2ccccc2C2CCN(Cc3ccc(F)cc3)CC2)S(C)(=O)=O)cc1. The fourth-order valence-electron chi connectivity index (χ4n) is 4.74. The fourth-order valence-corrected chi connectivity index (χ4v) is 5.50. The molecule has 4 rings (SSSR count). The van der Waals surface area contributed by atoms with Crippen LogP contribution in [0.2, 0.25) is 0 Å². The number of benzene rings is 3. The summed E-state index contributed by atoms with van der Waals surface area (Å²) in [5.74, 6) is 0.924. The number of methoxy groups -OCH3 is 1. The van der Waals surface area contributed by atoms with E-state index in [0.29, 0.717) is 19.0 Å². The van der Waals surface area contributed by atoms with Crippen molar-refractivity contribution in [2.75, 3.05) is 26.5 Å². The molecule has 0 unspecified atom stereocenters. The van der Waals surface area contributed by atoms with Crippen LogP contribution in [0, 0.1) is 5.82 Å². The molecule has 5 nitrogen and oxygen atoms in total. The molecule has 0 aliphatic carbocycles. The van der Waals surface area contributed by atoms with E-state index in [9.17, 15) is 12.8 Å². The second-order valence-corrected chi connectivity index (χ2v) is 11.2. The monoisotopic (exact) mass is 496 g/mol. The van der Waals surface area contributed by atoms with Crippen molar-refractivity contribution >= 4 is 10.0 Å². The fraction of sp³-hybridized carbons (Fsp3) is 0.357. The van der Waals surface area contributed by atoms with Crippen molar-refractivity contribution in [2.45, 2.75) is 38.4 Å². The molecule has 3 aromatic rings. The van der Waals surface area contributed by atoms with E-state index in [2.05, 4.69) is 11.0 Å². The van der Waals surface area contributed by atoms with Gasteiger partial charge in [-0.25, -0.2) is 12.8 Å². The molecule has 0 N–H and O–H groups in total. The lowest BCUT2D eigenvalue weighted by Crippen LogP contribution is -2.33. The van der Waals surface area contributed by atoms with E-state index in [-0.39, 0.29) is 5.82 Å². The molecule has 3 aromatic carbocycles. The number of piperidine rings is 1. The average Bonchev–Trinajstić information content (AvgIpc) is 2.86. The van der Waals surface area contributed by atoms with Gasteiger partial charge >= 0.3 is 0 Å². The highest BCUT2D eigenvalue weighted by atomic mass is 32.2. The Hall–Kier alpha value is -2.74. The van der Waals surface area contributed by atoms with Gasteiger partial charge in [0.15, 0.2) is 0 Å². The topological polar surface area (TPSA) is 49.9 Å². The third-order valence-corrected chi connectivity index (χ3v) is 7.93. The smallest absolute Gasteiger partial charge is 0.211 e. The summed E-state index contributed by atoms with van der Waals surface area (Å²) in [6.45, 7) is 3.39. The number of sulfonamides is 1. The zero-order valence-electron chi connectivity index (χ0n) is 20.4. The summed E-state index contributed by atoms with van der Waals surface area (Å²) >= 11 is 0. The lowest BCUT2D eigenvalue weighted by atomic mass is 9.86. The molecule has 7 heteroatoms. The van der Waals surface area contributed by atoms with E-state index in [4.69, 9.17) is 4.74 Å². The Balaban J connectivity index is 1.44. The number of halogens is 1. The Labute approximate surface area is 208 Å². The van der Waals surface area contributed by atoms with Crippen molar-refractivity contribution in [1.82, 2.24) is 9.21 Å². The van der Waals surface area contributed by atoms with Crippen LogP contribution in [0.5, 0.6) is 5.75 Å². The van der Waals surface area contributed by atoms with Gasteiger partial charge < -0.3 is 4.74 Å². The van der Waals surface area contributed by atoms with Gasteiger partial charge in [0.1, 0.15) is 11.6 Å². The molecule has 186 valence electrons. The van der Waals surface area contributed by atoms with E-state index in [0.717, 1.165) is 54.9 Å². The van der Waals surface area contributed by atoms with Crippen LogP contribution < -0.4 is 4.74 Å². The third-order valence-electron chi connectivity index (χ3n) is 6.74. The highest BCUT2D eigenvalue weighted by Crippen LogP contribution is 2.32. The molecular formula is C28H33FN2O3S. The maximum atomic E-state index is 13.2. The summed E-state index contributed by atoms with van der Waals surface area (Å²) < 4.78 is 45.3. The van der Waals surface area contributed by atoms with Gasteiger partial charge in [0, 0.05) is 19.6 Å². The van der Waals surface area contributed by atoms with Crippen molar-refractivity contribution in [2.24, 2.45) is 0 Å². The first-order valence-corrected chi connectivity index (χ1v) is 13.8. The highest BCUT2D eigenvalue weighted by Gasteiger charge is 2.25. The van der Waals surface area contributed by atoms with Crippen LogP contribution >= 0.6 is 0 Å². The molecule has 0 saturated carbocycles. The van der Waals surface area contributed by atoms with Crippen LogP contribution in [0.4, 0.5) is 4.39 Å². The minimum Gasteiger partial charge on any atom is -0.497 e. The summed E-state index contributed by atoms with van der Waals surface area (Å²) in [4.78, 5) is 2.40. The predicted molar refractivity (Wildman–Crippen MR) is 137 cm³/mol. The second-order valence-electron chi connectivity index (χ2n) is 9.25. The maximum absolute atomic E-state index is 13.2. The first-order valence-electron chi connectivity index (χ1n) is 11.9. The first-order chi connectivity index (χ1) is 16.8. The summed E-state index contributed by atoms with van der Waals surface area (Å²) in [7, 11) is -1.79. The van der Waals surface area contributed by atoms with Crippen molar-refractivity contribution in [3.8, 4) is 5.75 Å². The predicted octanol–water partition coefficient (Wildman–Crippen LogP) is 5.18. The van der Waals surface area contributed by atoms with E-state index in [1.165, 1.54) is 28.3 Å². The molecule has 1 aliphatic heterocycles. The quantitative estimate of drug-likeness (QED) is 0.410. The van der Waals surface area contributed by atoms with E-state index in [1.54, 1.807) is 7.11 Å². The van der Waals surface area contributed by atoms with Gasteiger partial charge in [-0.1, -0.05) is 48.5 Å². The molecule has 1 saturated heterocycles. The zero-order valence-corrected chi connectivity index (χ0v) is 21.2. The molecular weight excluding hydrogens is 463 g/mol. The van der Waals surface area contributed by atoms with E-state index in [1.807, 2.05) is 54.6 Å². The van der Waals surface area contributed by atoms with Crippen LogP contribution in [-0.4, -0.2) is 44.1 Å². The molecule has 1 fully saturated rings. The van der Waals surface area contributed by atoms with Crippen molar-refractivity contribution in [3.05, 3.63) is 101 Å². The number of likely N-dealkylation sites (tertiary alicyclic amines) is 1. The molecule has 0 bridgehead atoms. The summed E-state index contributed by atoms with van der Waals surface area (Å²) in [6, 6.07) is 22.4. The molecule has 0 atom stereocenters. The third kappa shape index (κ3) is 6.90. The molecule has 0 amide bonds.